The van der Waals surface area contributed by atoms with Crippen LogP contribution in [-0.2, 0) is 4.79 Å². The number of ether oxygens (including phenoxy) is 1. The van der Waals surface area contributed by atoms with Crippen molar-refractivity contribution in [3.05, 3.63) is 65.4 Å². The number of ketones is 1. The summed E-state index contributed by atoms with van der Waals surface area (Å²) in [6.07, 6.45) is 5.39. The van der Waals surface area contributed by atoms with Gasteiger partial charge in [-0.25, -0.2) is 4.79 Å². The molecule has 1 heterocycles. The molecule has 6 heteroatoms. The number of para-hydroxylation sites is 3. The largest absolute Gasteiger partial charge is 0.496 e. The van der Waals surface area contributed by atoms with Gasteiger partial charge in [-0.05, 0) is 42.9 Å². The molecule has 2 N–H and O–H groups in total. The zero-order valence-corrected chi connectivity index (χ0v) is 20.2. The van der Waals surface area contributed by atoms with Gasteiger partial charge in [0, 0.05) is 29.3 Å². The topological polar surface area (TPSA) is 70.7 Å². The van der Waals surface area contributed by atoms with Crippen LogP contribution in [0.1, 0.15) is 64.0 Å². The van der Waals surface area contributed by atoms with Crippen LogP contribution in [0.5, 0.6) is 5.75 Å². The summed E-state index contributed by atoms with van der Waals surface area (Å²) in [5.74, 6) is 0.733. The zero-order chi connectivity index (χ0) is 23.9. The molecule has 0 saturated heterocycles. The number of urea groups is 1. The molecule has 2 amide bonds. The van der Waals surface area contributed by atoms with Crippen LogP contribution < -0.4 is 20.3 Å². The molecule has 5 rings (SSSR count). The summed E-state index contributed by atoms with van der Waals surface area (Å²) < 4.78 is 5.73. The Balaban J connectivity index is 1.73. The lowest BCUT2D eigenvalue weighted by Crippen LogP contribution is -2.47. The van der Waals surface area contributed by atoms with Gasteiger partial charge in [0.15, 0.2) is 5.78 Å². The maximum Gasteiger partial charge on any atom is 0.323 e. The normalized spacial score (nSPS) is 21.9. The molecule has 178 valence electrons. The number of fused-ring (bicyclic) bond motifs is 1. The number of Topliss-reactive ketones (excluding diaryl/α,β-unsaturated/α-hetero) is 1. The van der Waals surface area contributed by atoms with Gasteiger partial charge in [-0.1, -0.05) is 57.0 Å². The van der Waals surface area contributed by atoms with Crippen LogP contribution in [0.3, 0.4) is 0 Å². The van der Waals surface area contributed by atoms with E-state index < -0.39 is 6.04 Å². The van der Waals surface area contributed by atoms with E-state index in [1.807, 2.05) is 48.5 Å². The molecule has 0 radical (unpaired) electrons. The third-order valence-electron chi connectivity index (χ3n) is 7.24. The average Bonchev–Trinajstić information content (AvgIpc) is 3.26. The molecule has 1 unspecified atom stereocenters. The third-order valence-corrected chi connectivity index (χ3v) is 7.24. The summed E-state index contributed by atoms with van der Waals surface area (Å²) in [4.78, 5) is 29.5. The quantitative estimate of drug-likeness (QED) is 0.594. The number of nitrogens with one attached hydrogen (secondary N) is 2. The standard InChI is InChI=1S/C28H33N3O3/c1-28(2)16-21-25(23(32)17-28)26(19-12-6-9-15-24(19)34-3)31(22-14-8-7-13-20(22)30-21)27(33)29-18-10-4-5-11-18/h6-9,12-15,18,26,30H,4-5,10-11,16-17H2,1-3H3,(H,29,33). The molecule has 2 aromatic carbocycles. The van der Waals surface area contributed by atoms with Crippen molar-refractivity contribution in [2.75, 3.05) is 17.3 Å². The maximum atomic E-state index is 14.0. The van der Waals surface area contributed by atoms with E-state index in [1.165, 1.54) is 0 Å². The first-order valence-corrected chi connectivity index (χ1v) is 12.2. The van der Waals surface area contributed by atoms with E-state index in [0.29, 0.717) is 17.7 Å². The van der Waals surface area contributed by atoms with Crippen molar-refractivity contribution >= 4 is 23.2 Å². The second-order valence-corrected chi connectivity index (χ2v) is 10.4. The smallest absolute Gasteiger partial charge is 0.323 e. The Morgan fingerprint density at radius 1 is 1.06 bits per heavy atom. The Bertz CT molecular complexity index is 1150. The minimum atomic E-state index is -0.590. The first-order valence-electron chi connectivity index (χ1n) is 12.2. The van der Waals surface area contributed by atoms with Gasteiger partial charge in [0.2, 0.25) is 0 Å². The van der Waals surface area contributed by atoms with E-state index in [9.17, 15) is 9.59 Å². The fraction of sp³-hybridized carbons (Fsp3) is 0.429. The number of anilines is 2. The van der Waals surface area contributed by atoms with Gasteiger partial charge >= 0.3 is 6.03 Å². The minimum Gasteiger partial charge on any atom is -0.496 e. The van der Waals surface area contributed by atoms with Gasteiger partial charge in [-0.15, -0.1) is 0 Å². The lowest BCUT2D eigenvalue weighted by atomic mass is 9.73. The Morgan fingerprint density at radius 2 is 1.76 bits per heavy atom. The lowest BCUT2D eigenvalue weighted by molar-refractivity contribution is -0.118. The zero-order valence-electron chi connectivity index (χ0n) is 20.2. The molecule has 0 bridgehead atoms. The van der Waals surface area contributed by atoms with Gasteiger partial charge in [0.1, 0.15) is 5.75 Å². The SMILES string of the molecule is COc1ccccc1C1C2=C(CC(C)(C)CC2=O)Nc2ccccc2N1C(=O)NC1CCCC1. The lowest BCUT2D eigenvalue weighted by Gasteiger charge is -2.37. The predicted molar refractivity (Wildman–Crippen MR) is 134 cm³/mol. The van der Waals surface area contributed by atoms with Crippen LogP contribution >= 0.6 is 0 Å². The predicted octanol–water partition coefficient (Wildman–Crippen LogP) is 5.96. The van der Waals surface area contributed by atoms with Gasteiger partial charge < -0.3 is 15.4 Å². The summed E-state index contributed by atoms with van der Waals surface area (Å²) in [6.45, 7) is 4.24. The number of methoxy groups -OCH3 is 1. The number of hydrogen-bond acceptors (Lipinski definition) is 4. The summed E-state index contributed by atoms with van der Waals surface area (Å²) in [6, 6.07) is 14.9. The van der Waals surface area contributed by atoms with Crippen LogP contribution in [0.15, 0.2) is 59.8 Å². The van der Waals surface area contributed by atoms with Gasteiger partial charge in [0.25, 0.3) is 0 Å². The number of nitrogens with zero attached hydrogens (tertiary/aromatic N) is 1. The fourth-order valence-corrected chi connectivity index (χ4v) is 5.71. The monoisotopic (exact) mass is 459 g/mol. The van der Waals surface area contributed by atoms with Gasteiger partial charge in [-0.3, -0.25) is 9.69 Å². The second-order valence-electron chi connectivity index (χ2n) is 10.4. The number of rotatable bonds is 3. The maximum absolute atomic E-state index is 14.0. The Kier molecular flexibility index (Phi) is 5.84. The van der Waals surface area contributed by atoms with Crippen LogP contribution in [0.2, 0.25) is 0 Å². The van der Waals surface area contributed by atoms with Gasteiger partial charge in [-0.2, -0.15) is 0 Å². The number of amides is 2. The first-order chi connectivity index (χ1) is 16.4. The molecule has 2 aromatic rings. The molecule has 6 nitrogen and oxygen atoms in total. The molecular weight excluding hydrogens is 426 g/mol. The molecule has 2 aliphatic carbocycles. The number of carbonyl (C=O) groups is 2. The van der Waals surface area contributed by atoms with Crippen molar-refractivity contribution in [3.63, 3.8) is 0 Å². The highest BCUT2D eigenvalue weighted by molar-refractivity contribution is 6.06. The molecule has 1 saturated carbocycles. The molecule has 1 aliphatic heterocycles. The highest BCUT2D eigenvalue weighted by Crippen LogP contribution is 2.49. The van der Waals surface area contributed by atoms with Crippen LogP contribution in [0.25, 0.3) is 0 Å². The van der Waals surface area contributed by atoms with Crippen LogP contribution in [0, 0.1) is 5.41 Å². The van der Waals surface area contributed by atoms with Crippen molar-refractivity contribution in [1.29, 1.82) is 0 Å². The number of benzene rings is 2. The van der Waals surface area contributed by atoms with Crippen molar-refractivity contribution in [2.24, 2.45) is 5.41 Å². The molecule has 0 spiro atoms. The van der Waals surface area contributed by atoms with E-state index in [1.54, 1.807) is 12.0 Å². The third kappa shape index (κ3) is 4.06. The first kappa shape index (κ1) is 22.5. The van der Waals surface area contributed by atoms with Crippen molar-refractivity contribution in [1.82, 2.24) is 5.32 Å². The van der Waals surface area contributed by atoms with Crippen molar-refractivity contribution < 1.29 is 14.3 Å². The van der Waals surface area contributed by atoms with E-state index in [2.05, 4.69) is 24.5 Å². The Morgan fingerprint density at radius 3 is 2.53 bits per heavy atom. The Labute approximate surface area is 201 Å². The number of carbonyl (C=O) groups excluding carboxylic acids is 2. The summed E-state index contributed by atoms with van der Waals surface area (Å²) >= 11 is 0. The molecular formula is C28H33N3O3. The Hall–Kier alpha value is -3.28. The number of hydrogen-bond donors (Lipinski definition) is 2. The highest BCUT2D eigenvalue weighted by Gasteiger charge is 2.44. The second kappa shape index (κ2) is 8.82. The fourth-order valence-electron chi connectivity index (χ4n) is 5.71. The van der Waals surface area contributed by atoms with E-state index >= 15 is 0 Å². The molecule has 34 heavy (non-hydrogen) atoms. The molecule has 0 aromatic heterocycles. The van der Waals surface area contributed by atoms with Gasteiger partial charge in [0.05, 0.1) is 24.5 Å². The molecule has 3 aliphatic rings. The van der Waals surface area contributed by atoms with Crippen molar-refractivity contribution in [2.45, 2.75) is 64.5 Å². The van der Waals surface area contributed by atoms with E-state index in [0.717, 1.165) is 54.7 Å². The van der Waals surface area contributed by atoms with E-state index in [-0.39, 0.29) is 23.3 Å². The molecule has 1 fully saturated rings. The minimum absolute atomic E-state index is 0.0705. The summed E-state index contributed by atoms with van der Waals surface area (Å²) in [5.41, 5.74) is 3.78. The average molecular weight is 460 g/mol. The highest BCUT2D eigenvalue weighted by atomic mass is 16.5. The summed E-state index contributed by atoms with van der Waals surface area (Å²) in [7, 11) is 1.63. The molecule has 1 atom stereocenters. The summed E-state index contributed by atoms with van der Waals surface area (Å²) in [5, 5.41) is 6.83. The van der Waals surface area contributed by atoms with Crippen molar-refractivity contribution in [3.8, 4) is 5.75 Å². The van der Waals surface area contributed by atoms with Crippen LogP contribution in [-0.4, -0.2) is 25.0 Å². The number of allylic oxidation sites excluding steroid dienone is 1. The van der Waals surface area contributed by atoms with E-state index in [4.69, 9.17) is 4.74 Å². The van der Waals surface area contributed by atoms with Crippen LogP contribution in [0.4, 0.5) is 16.2 Å².